The zero-order valence-corrected chi connectivity index (χ0v) is 19.7. The molecule has 0 aromatic carbocycles. The molecule has 1 aromatic heterocycles. The molecule has 0 aliphatic heterocycles. The average Bonchev–Trinajstić information content (AvgIpc) is 3.12. The Morgan fingerprint density at radius 3 is 2.59 bits per heavy atom. The fourth-order valence-electron chi connectivity index (χ4n) is 3.99. The number of halogens is 1. The molecule has 0 bridgehead atoms. The van der Waals surface area contributed by atoms with Gasteiger partial charge < -0.3 is 15.4 Å². The van der Waals surface area contributed by atoms with Crippen LogP contribution in [0.5, 0.6) is 0 Å². The van der Waals surface area contributed by atoms with Gasteiger partial charge in [-0.3, -0.25) is 9.98 Å². The summed E-state index contributed by atoms with van der Waals surface area (Å²) in [6.45, 7) is 7.18. The SMILES string of the molecule is CN=C(NCC(c1cccnc1)C(C)C)NCC1(CCOC)CCCC1.I. The summed E-state index contributed by atoms with van der Waals surface area (Å²) >= 11 is 0. The van der Waals surface area contributed by atoms with Crippen LogP contribution in [0.4, 0.5) is 0 Å². The molecule has 1 heterocycles. The van der Waals surface area contributed by atoms with Crippen molar-refractivity contribution in [1.29, 1.82) is 0 Å². The Hall–Kier alpha value is -0.890. The molecule has 0 saturated heterocycles. The van der Waals surface area contributed by atoms with Crippen molar-refractivity contribution in [2.45, 2.75) is 51.9 Å². The van der Waals surface area contributed by atoms with E-state index < -0.39 is 0 Å². The van der Waals surface area contributed by atoms with Gasteiger partial charge in [0.05, 0.1) is 0 Å². The van der Waals surface area contributed by atoms with Gasteiger partial charge in [-0.15, -0.1) is 24.0 Å². The summed E-state index contributed by atoms with van der Waals surface area (Å²) in [4.78, 5) is 8.71. The van der Waals surface area contributed by atoms with Gasteiger partial charge in [-0.2, -0.15) is 0 Å². The van der Waals surface area contributed by atoms with E-state index in [1.807, 2.05) is 25.5 Å². The van der Waals surface area contributed by atoms with E-state index >= 15 is 0 Å². The molecule has 2 rings (SSSR count). The third-order valence-electron chi connectivity index (χ3n) is 5.76. The number of nitrogens with one attached hydrogen (secondary N) is 2. The van der Waals surface area contributed by atoms with Gasteiger partial charge in [0.15, 0.2) is 5.96 Å². The normalized spacial score (nSPS) is 17.4. The highest BCUT2D eigenvalue weighted by molar-refractivity contribution is 14.0. The number of pyridine rings is 1. The van der Waals surface area contributed by atoms with Gasteiger partial charge in [0.2, 0.25) is 0 Å². The van der Waals surface area contributed by atoms with Crippen LogP contribution in [0.3, 0.4) is 0 Å². The molecule has 0 radical (unpaired) electrons. The number of guanidine groups is 1. The first-order valence-corrected chi connectivity index (χ1v) is 9.93. The number of ether oxygens (including phenoxy) is 1. The zero-order chi connectivity index (χ0) is 18.8. The van der Waals surface area contributed by atoms with Crippen LogP contribution >= 0.6 is 24.0 Å². The number of hydrogen-bond donors (Lipinski definition) is 2. The molecule has 154 valence electrons. The molecule has 6 heteroatoms. The van der Waals surface area contributed by atoms with E-state index in [1.165, 1.54) is 31.2 Å². The summed E-state index contributed by atoms with van der Waals surface area (Å²) in [6.07, 6.45) is 10.1. The lowest BCUT2D eigenvalue weighted by molar-refractivity contribution is 0.138. The molecule has 5 nitrogen and oxygen atoms in total. The molecule has 1 atom stereocenters. The second kappa shape index (κ2) is 12.5. The van der Waals surface area contributed by atoms with E-state index in [0.29, 0.717) is 17.3 Å². The topological polar surface area (TPSA) is 58.5 Å². The summed E-state index contributed by atoms with van der Waals surface area (Å²) in [5, 5.41) is 7.10. The Bertz CT molecular complexity index is 544. The second-order valence-electron chi connectivity index (χ2n) is 7.89. The minimum atomic E-state index is 0. The summed E-state index contributed by atoms with van der Waals surface area (Å²) in [6, 6.07) is 4.17. The number of methoxy groups -OCH3 is 1. The minimum Gasteiger partial charge on any atom is -0.385 e. The Morgan fingerprint density at radius 1 is 1.30 bits per heavy atom. The number of nitrogens with zero attached hydrogens (tertiary/aromatic N) is 2. The van der Waals surface area contributed by atoms with Crippen molar-refractivity contribution < 1.29 is 4.74 Å². The highest BCUT2D eigenvalue weighted by Crippen LogP contribution is 2.40. The van der Waals surface area contributed by atoms with Crippen LogP contribution in [0.1, 0.15) is 57.4 Å². The smallest absolute Gasteiger partial charge is 0.191 e. The lowest BCUT2D eigenvalue weighted by Gasteiger charge is -2.30. The summed E-state index contributed by atoms with van der Waals surface area (Å²) in [5.41, 5.74) is 1.63. The lowest BCUT2D eigenvalue weighted by atomic mass is 9.83. The van der Waals surface area contributed by atoms with Crippen molar-refractivity contribution in [3.05, 3.63) is 30.1 Å². The standard InChI is InChI=1S/C21H36N4O.HI/c1-17(2)19(18-8-7-12-23-14-18)15-24-20(22-3)25-16-21(11-13-26-4)9-5-6-10-21;/h7-8,12,14,17,19H,5-6,9-11,13,15-16H2,1-4H3,(H2,22,24,25);1H. The summed E-state index contributed by atoms with van der Waals surface area (Å²) < 4.78 is 5.34. The van der Waals surface area contributed by atoms with Gasteiger partial charge in [-0.05, 0) is 42.2 Å². The fourth-order valence-corrected chi connectivity index (χ4v) is 3.99. The van der Waals surface area contributed by atoms with Crippen LogP contribution in [-0.4, -0.2) is 44.8 Å². The molecule has 1 aromatic rings. The van der Waals surface area contributed by atoms with E-state index in [9.17, 15) is 0 Å². The maximum absolute atomic E-state index is 5.34. The van der Waals surface area contributed by atoms with Gasteiger partial charge in [0.25, 0.3) is 0 Å². The molecule has 0 spiro atoms. The highest BCUT2D eigenvalue weighted by Gasteiger charge is 2.33. The van der Waals surface area contributed by atoms with Gasteiger partial charge >= 0.3 is 0 Å². The van der Waals surface area contributed by atoms with Crippen LogP contribution in [0.25, 0.3) is 0 Å². The molecule has 1 aliphatic rings. The third kappa shape index (κ3) is 7.56. The van der Waals surface area contributed by atoms with Crippen molar-refractivity contribution >= 4 is 29.9 Å². The highest BCUT2D eigenvalue weighted by atomic mass is 127. The molecule has 1 fully saturated rings. The van der Waals surface area contributed by atoms with Crippen molar-refractivity contribution in [3.8, 4) is 0 Å². The van der Waals surface area contributed by atoms with Crippen molar-refractivity contribution in [2.24, 2.45) is 16.3 Å². The molecule has 1 aliphatic carbocycles. The van der Waals surface area contributed by atoms with Crippen molar-refractivity contribution in [3.63, 3.8) is 0 Å². The van der Waals surface area contributed by atoms with Crippen LogP contribution in [0, 0.1) is 11.3 Å². The van der Waals surface area contributed by atoms with E-state index in [-0.39, 0.29) is 24.0 Å². The first-order valence-electron chi connectivity index (χ1n) is 9.93. The molecular weight excluding hydrogens is 451 g/mol. The first kappa shape index (κ1) is 24.1. The Labute approximate surface area is 182 Å². The number of hydrogen-bond acceptors (Lipinski definition) is 3. The van der Waals surface area contributed by atoms with E-state index in [2.05, 4.69) is 40.5 Å². The lowest BCUT2D eigenvalue weighted by Crippen LogP contribution is -2.44. The molecule has 27 heavy (non-hydrogen) atoms. The molecule has 0 amide bonds. The Kier molecular flexibility index (Phi) is 11.2. The summed E-state index contributed by atoms with van der Waals surface area (Å²) in [5.74, 6) is 1.84. The Balaban J connectivity index is 0.00000364. The van der Waals surface area contributed by atoms with Crippen LogP contribution < -0.4 is 10.6 Å². The summed E-state index contributed by atoms with van der Waals surface area (Å²) in [7, 11) is 3.64. The molecule has 2 N–H and O–H groups in total. The van der Waals surface area contributed by atoms with Gasteiger partial charge in [0.1, 0.15) is 0 Å². The van der Waals surface area contributed by atoms with Crippen LogP contribution in [0.15, 0.2) is 29.5 Å². The third-order valence-corrected chi connectivity index (χ3v) is 5.76. The number of rotatable bonds is 9. The van der Waals surface area contributed by atoms with Gasteiger partial charge in [0, 0.05) is 52.2 Å². The predicted octanol–water partition coefficient (Wildman–Crippen LogP) is 4.20. The van der Waals surface area contributed by atoms with Gasteiger partial charge in [-0.25, -0.2) is 0 Å². The quantitative estimate of drug-likeness (QED) is 0.311. The van der Waals surface area contributed by atoms with E-state index in [4.69, 9.17) is 4.74 Å². The zero-order valence-electron chi connectivity index (χ0n) is 17.3. The fraction of sp³-hybridized carbons (Fsp3) is 0.714. The maximum atomic E-state index is 5.34. The molecule has 1 saturated carbocycles. The monoisotopic (exact) mass is 488 g/mol. The van der Waals surface area contributed by atoms with Crippen molar-refractivity contribution in [1.82, 2.24) is 15.6 Å². The molecular formula is C21H37IN4O. The average molecular weight is 488 g/mol. The molecule has 1 unspecified atom stereocenters. The minimum absolute atomic E-state index is 0. The number of aromatic nitrogens is 1. The maximum Gasteiger partial charge on any atom is 0.191 e. The van der Waals surface area contributed by atoms with Crippen LogP contribution in [-0.2, 0) is 4.74 Å². The van der Waals surface area contributed by atoms with Crippen LogP contribution in [0.2, 0.25) is 0 Å². The Morgan fingerprint density at radius 2 is 2.04 bits per heavy atom. The second-order valence-corrected chi connectivity index (χ2v) is 7.89. The van der Waals surface area contributed by atoms with E-state index in [1.54, 1.807) is 7.11 Å². The largest absolute Gasteiger partial charge is 0.385 e. The van der Waals surface area contributed by atoms with Gasteiger partial charge in [-0.1, -0.05) is 32.8 Å². The van der Waals surface area contributed by atoms with E-state index in [0.717, 1.165) is 32.1 Å². The number of aliphatic imine (C=N–C) groups is 1. The predicted molar refractivity (Wildman–Crippen MR) is 124 cm³/mol. The first-order chi connectivity index (χ1) is 12.6. The van der Waals surface area contributed by atoms with Crippen molar-refractivity contribution in [2.75, 3.05) is 33.9 Å².